The molecule has 0 saturated heterocycles. The third-order valence-electron chi connectivity index (χ3n) is 5.02. The summed E-state index contributed by atoms with van der Waals surface area (Å²) in [4.78, 5) is 8.94. The lowest BCUT2D eigenvalue weighted by atomic mass is 10.1. The molecule has 4 nitrogen and oxygen atoms in total. The summed E-state index contributed by atoms with van der Waals surface area (Å²) in [6, 6.07) is 17.2. The first-order valence-electron chi connectivity index (χ1n) is 9.72. The maximum atomic E-state index is 14.0. The minimum atomic E-state index is -0.178. The molecule has 2 heterocycles. The predicted octanol–water partition coefficient (Wildman–Crippen LogP) is 5.56. The van der Waals surface area contributed by atoms with Crippen LogP contribution in [-0.4, -0.2) is 14.5 Å². The Bertz CT molecular complexity index is 1080. The number of imidazole rings is 1. The third-order valence-corrected chi connectivity index (χ3v) is 5.02. The Morgan fingerprint density at radius 1 is 1.03 bits per heavy atom. The number of pyridine rings is 1. The van der Waals surface area contributed by atoms with Crippen molar-refractivity contribution in [2.24, 2.45) is 0 Å². The number of rotatable bonds is 6. The molecule has 2 aromatic heterocycles. The molecule has 0 atom stereocenters. The van der Waals surface area contributed by atoms with Gasteiger partial charge in [-0.3, -0.25) is 4.98 Å². The summed E-state index contributed by atoms with van der Waals surface area (Å²) in [7, 11) is 0. The molecule has 4 rings (SSSR count). The summed E-state index contributed by atoms with van der Waals surface area (Å²) in [5.41, 5.74) is 5.54. The fourth-order valence-corrected chi connectivity index (χ4v) is 3.37. The molecule has 0 unspecified atom stereocenters. The molecule has 0 aliphatic rings. The highest BCUT2D eigenvalue weighted by atomic mass is 19.1. The van der Waals surface area contributed by atoms with Gasteiger partial charge >= 0.3 is 0 Å². The molecule has 1 N–H and O–H groups in total. The molecule has 0 aliphatic heterocycles. The summed E-state index contributed by atoms with van der Waals surface area (Å²) in [6.45, 7) is 4.47. The van der Waals surface area contributed by atoms with Gasteiger partial charge in [-0.05, 0) is 55.0 Å². The van der Waals surface area contributed by atoms with Gasteiger partial charge in [0.05, 0.1) is 5.69 Å². The second-order valence-electron chi connectivity index (χ2n) is 6.94. The quantitative estimate of drug-likeness (QED) is 0.472. The molecule has 146 valence electrons. The van der Waals surface area contributed by atoms with Crippen molar-refractivity contribution in [3.8, 4) is 16.9 Å². The van der Waals surface area contributed by atoms with Crippen molar-refractivity contribution in [3.05, 3.63) is 96.0 Å². The van der Waals surface area contributed by atoms with E-state index < -0.39 is 0 Å². The first-order chi connectivity index (χ1) is 14.2. The summed E-state index contributed by atoms with van der Waals surface area (Å²) < 4.78 is 16.1. The summed E-state index contributed by atoms with van der Waals surface area (Å²) in [5.74, 6) is 0.814. The Kier molecular flexibility index (Phi) is 5.38. The number of nitrogens with one attached hydrogen (secondary N) is 1. The van der Waals surface area contributed by atoms with Crippen LogP contribution in [0.15, 0.2) is 73.2 Å². The number of hydrogen-bond acceptors (Lipinski definition) is 3. The van der Waals surface area contributed by atoms with Gasteiger partial charge in [0, 0.05) is 54.1 Å². The van der Waals surface area contributed by atoms with E-state index in [0.29, 0.717) is 12.1 Å². The number of anilines is 1. The SMILES string of the molecule is CCc1nc(-c2cccnc2)cn1-c1ccc(NCc2c(C)cccc2F)cc1. The second kappa shape index (κ2) is 8.27. The van der Waals surface area contributed by atoms with E-state index in [9.17, 15) is 4.39 Å². The molecule has 4 aromatic rings. The van der Waals surface area contributed by atoms with Gasteiger partial charge in [-0.1, -0.05) is 19.1 Å². The van der Waals surface area contributed by atoms with E-state index in [0.717, 1.165) is 40.4 Å². The molecule has 29 heavy (non-hydrogen) atoms. The highest BCUT2D eigenvalue weighted by molar-refractivity contribution is 5.59. The van der Waals surface area contributed by atoms with Crippen molar-refractivity contribution in [2.75, 3.05) is 5.32 Å². The minimum absolute atomic E-state index is 0.178. The van der Waals surface area contributed by atoms with Gasteiger partial charge in [0.25, 0.3) is 0 Å². The van der Waals surface area contributed by atoms with Crippen molar-refractivity contribution in [2.45, 2.75) is 26.8 Å². The Morgan fingerprint density at radius 3 is 2.55 bits per heavy atom. The maximum absolute atomic E-state index is 14.0. The van der Waals surface area contributed by atoms with E-state index in [1.807, 2.05) is 61.8 Å². The summed E-state index contributed by atoms with van der Waals surface area (Å²) >= 11 is 0. The Balaban J connectivity index is 1.54. The van der Waals surface area contributed by atoms with Crippen LogP contribution in [0.1, 0.15) is 23.9 Å². The van der Waals surface area contributed by atoms with Gasteiger partial charge in [0.15, 0.2) is 0 Å². The first-order valence-corrected chi connectivity index (χ1v) is 9.72. The molecule has 0 radical (unpaired) electrons. The van der Waals surface area contributed by atoms with Crippen LogP contribution in [0.25, 0.3) is 16.9 Å². The van der Waals surface area contributed by atoms with E-state index in [-0.39, 0.29) is 5.82 Å². The zero-order valence-electron chi connectivity index (χ0n) is 16.6. The van der Waals surface area contributed by atoms with Crippen molar-refractivity contribution in [1.29, 1.82) is 0 Å². The van der Waals surface area contributed by atoms with E-state index in [1.54, 1.807) is 12.3 Å². The highest BCUT2D eigenvalue weighted by Crippen LogP contribution is 2.23. The van der Waals surface area contributed by atoms with Gasteiger partial charge in [0.2, 0.25) is 0 Å². The minimum Gasteiger partial charge on any atom is -0.381 e. The summed E-state index contributed by atoms with van der Waals surface area (Å²) in [5, 5.41) is 3.31. The van der Waals surface area contributed by atoms with E-state index in [4.69, 9.17) is 4.98 Å². The topological polar surface area (TPSA) is 42.7 Å². The number of aryl methyl sites for hydroxylation is 2. The monoisotopic (exact) mass is 386 g/mol. The normalized spacial score (nSPS) is 10.9. The summed E-state index contributed by atoms with van der Waals surface area (Å²) in [6.07, 6.45) is 6.45. The van der Waals surface area contributed by atoms with Crippen LogP contribution >= 0.6 is 0 Å². The second-order valence-corrected chi connectivity index (χ2v) is 6.94. The predicted molar refractivity (Wildman–Crippen MR) is 115 cm³/mol. The molecular weight excluding hydrogens is 363 g/mol. The van der Waals surface area contributed by atoms with Crippen LogP contribution in [0.5, 0.6) is 0 Å². The molecule has 0 saturated carbocycles. The fourth-order valence-electron chi connectivity index (χ4n) is 3.37. The van der Waals surface area contributed by atoms with Crippen LogP contribution in [0, 0.1) is 12.7 Å². The van der Waals surface area contributed by atoms with E-state index in [2.05, 4.69) is 21.8 Å². The smallest absolute Gasteiger partial charge is 0.128 e. The zero-order chi connectivity index (χ0) is 20.2. The Morgan fingerprint density at radius 2 is 1.86 bits per heavy atom. The van der Waals surface area contributed by atoms with Crippen molar-refractivity contribution >= 4 is 5.69 Å². The zero-order valence-corrected chi connectivity index (χ0v) is 16.6. The van der Waals surface area contributed by atoms with Crippen molar-refractivity contribution in [3.63, 3.8) is 0 Å². The Hall–Kier alpha value is -3.47. The van der Waals surface area contributed by atoms with Crippen LogP contribution in [0.3, 0.4) is 0 Å². The number of benzene rings is 2. The number of aromatic nitrogens is 3. The lowest BCUT2D eigenvalue weighted by molar-refractivity contribution is 0.611. The van der Waals surface area contributed by atoms with Crippen LogP contribution < -0.4 is 5.32 Å². The molecule has 5 heteroatoms. The molecule has 0 fully saturated rings. The highest BCUT2D eigenvalue weighted by Gasteiger charge is 2.10. The first kappa shape index (κ1) is 18.9. The number of hydrogen-bond donors (Lipinski definition) is 1. The Labute approximate surface area is 170 Å². The van der Waals surface area contributed by atoms with Gasteiger partial charge < -0.3 is 9.88 Å². The lowest BCUT2D eigenvalue weighted by Crippen LogP contribution is -2.04. The average Bonchev–Trinajstić information content (AvgIpc) is 3.19. The average molecular weight is 386 g/mol. The largest absolute Gasteiger partial charge is 0.381 e. The van der Waals surface area contributed by atoms with Crippen molar-refractivity contribution < 1.29 is 4.39 Å². The van der Waals surface area contributed by atoms with Crippen molar-refractivity contribution in [1.82, 2.24) is 14.5 Å². The van der Waals surface area contributed by atoms with Gasteiger partial charge in [0.1, 0.15) is 11.6 Å². The maximum Gasteiger partial charge on any atom is 0.128 e. The van der Waals surface area contributed by atoms with Crippen LogP contribution in [-0.2, 0) is 13.0 Å². The van der Waals surface area contributed by atoms with E-state index >= 15 is 0 Å². The fraction of sp³-hybridized carbons (Fsp3) is 0.167. The van der Waals surface area contributed by atoms with Gasteiger partial charge in [-0.25, -0.2) is 9.37 Å². The molecule has 2 aromatic carbocycles. The van der Waals surface area contributed by atoms with Crippen LogP contribution in [0.4, 0.5) is 10.1 Å². The van der Waals surface area contributed by atoms with Gasteiger partial charge in [-0.2, -0.15) is 0 Å². The third kappa shape index (κ3) is 4.04. The molecule has 0 bridgehead atoms. The lowest BCUT2D eigenvalue weighted by Gasteiger charge is -2.11. The molecule has 0 aliphatic carbocycles. The molecule has 0 spiro atoms. The van der Waals surface area contributed by atoms with E-state index in [1.165, 1.54) is 6.07 Å². The molecule has 0 amide bonds. The standard InChI is InChI=1S/C24H23FN4/c1-3-24-28-23(18-7-5-13-26-14-18)16-29(24)20-11-9-19(10-12-20)27-15-21-17(2)6-4-8-22(21)25/h4-14,16,27H,3,15H2,1-2H3. The van der Waals surface area contributed by atoms with Crippen LogP contribution in [0.2, 0.25) is 0 Å². The molecular formula is C24H23FN4. The van der Waals surface area contributed by atoms with Gasteiger partial charge in [-0.15, -0.1) is 0 Å². The number of halogens is 1. The number of nitrogens with zero attached hydrogens (tertiary/aromatic N) is 3.